The van der Waals surface area contributed by atoms with Gasteiger partial charge in [0.15, 0.2) is 5.15 Å². The summed E-state index contributed by atoms with van der Waals surface area (Å²) in [5.74, 6) is 1.29. The maximum atomic E-state index is 14.0. The number of rotatable bonds is 4. The van der Waals surface area contributed by atoms with Crippen LogP contribution in [0.1, 0.15) is 44.9 Å². The number of ether oxygens (including phenoxy) is 1. The van der Waals surface area contributed by atoms with E-state index in [0.29, 0.717) is 29.6 Å². The molecule has 2 atom stereocenters. The molecule has 0 aromatic carbocycles. The van der Waals surface area contributed by atoms with Gasteiger partial charge in [-0.3, -0.25) is 0 Å². The molecule has 24 heavy (non-hydrogen) atoms. The summed E-state index contributed by atoms with van der Waals surface area (Å²) in [6.45, 7) is 2.83. The van der Waals surface area contributed by atoms with Gasteiger partial charge in [0.1, 0.15) is 17.5 Å². The van der Waals surface area contributed by atoms with Crippen LogP contribution in [0.25, 0.3) is 5.52 Å². The van der Waals surface area contributed by atoms with Crippen LogP contribution in [-0.4, -0.2) is 45.0 Å². The minimum absolute atomic E-state index is 0.0446. The molecule has 0 amide bonds. The van der Waals surface area contributed by atoms with E-state index >= 15 is 0 Å². The van der Waals surface area contributed by atoms with Crippen LogP contribution < -0.4 is 5.32 Å². The molecule has 0 unspecified atom stereocenters. The maximum absolute atomic E-state index is 14.0. The van der Waals surface area contributed by atoms with Crippen molar-refractivity contribution in [1.29, 1.82) is 0 Å². The largest absolute Gasteiger partial charge is 0.378 e. The first-order valence-electron chi connectivity index (χ1n) is 8.53. The Bertz CT molecular complexity index is 742. The lowest BCUT2D eigenvalue weighted by Gasteiger charge is -2.39. The highest BCUT2D eigenvalue weighted by molar-refractivity contribution is 6.32. The zero-order valence-corrected chi connectivity index (χ0v) is 14.4. The molecule has 130 valence electrons. The van der Waals surface area contributed by atoms with Crippen LogP contribution >= 0.6 is 11.6 Å². The standard InChI is InChI=1S/C16H21ClFN5O/c1-2-16(5-3-6-16)14-21-13(17)12-8-19-15(22-23(12)14)20-11-4-7-24-9-10(11)18/h8,10-11H,2-7,9H2,1H3,(H,20,22)/t10-,11-/m1/s1. The molecule has 4 rings (SSSR count). The van der Waals surface area contributed by atoms with Gasteiger partial charge >= 0.3 is 0 Å². The predicted molar refractivity (Wildman–Crippen MR) is 89.4 cm³/mol. The van der Waals surface area contributed by atoms with Crippen molar-refractivity contribution in [2.75, 3.05) is 18.5 Å². The third kappa shape index (κ3) is 2.54. The van der Waals surface area contributed by atoms with Crippen molar-refractivity contribution in [3.05, 3.63) is 17.2 Å². The Morgan fingerprint density at radius 2 is 2.33 bits per heavy atom. The summed E-state index contributed by atoms with van der Waals surface area (Å²) >= 11 is 6.28. The number of aromatic nitrogens is 4. The van der Waals surface area contributed by atoms with Gasteiger partial charge in [-0.25, -0.2) is 18.9 Å². The minimum Gasteiger partial charge on any atom is -0.378 e. The molecule has 0 radical (unpaired) electrons. The fourth-order valence-corrected chi connectivity index (χ4v) is 3.84. The molecule has 2 aliphatic rings. The van der Waals surface area contributed by atoms with Gasteiger partial charge in [0.05, 0.1) is 18.8 Å². The van der Waals surface area contributed by atoms with Crippen LogP contribution in [0, 0.1) is 0 Å². The average Bonchev–Trinajstić information content (AvgIpc) is 2.86. The first-order valence-corrected chi connectivity index (χ1v) is 8.91. The number of fused-ring (bicyclic) bond motifs is 1. The summed E-state index contributed by atoms with van der Waals surface area (Å²) < 4.78 is 20.9. The van der Waals surface area contributed by atoms with E-state index in [9.17, 15) is 4.39 Å². The van der Waals surface area contributed by atoms with Gasteiger partial charge in [-0.2, -0.15) is 0 Å². The average molecular weight is 354 g/mol. The Morgan fingerprint density at radius 1 is 1.50 bits per heavy atom. The number of hydrogen-bond donors (Lipinski definition) is 1. The van der Waals surface area contributed by atoms with E-state index in [-0.39, 0.29) is 18.1 Å². The lowest BCUT2D eigenvalue weighted by molar-refractivity contribution is 0.0284. The molecule has 1 N–H and O–H groups in total. The van der Waals surface area contributed by atoms with E-state index in [1.165, 1.54) is 6.42 Å². The van der Waals surface area contributed by atoms with Gasteiger partial charge in [0, 0.05) is 12.0 Å². The van der Waals surface area contributed by atoms with Gasteiger partial charge in [0.25, 0.3) is 0 Å². The van der Waals surface area contributed by atoms with Crippen molar-refractivity contribution in [3.63, 3.8) is 0 Å². The number of alkyl halides is 1. The molecule has 1 saturated heterocycles. The molecular weight excluding hydrogens is 333 g/mol. The van der Waals surface area contributed by atoms with Crippen LogP contribution in [0.2, 0.25) is 5.15 Å². The van der Waals surface area contributed by atoms with Crippen LogP contribution in [0.3, 0.4) is 0 Å². The summed E-state index contributed by atoms with van der Waals surface area (Å²) in [5.41, 5.74) is 0.740. The minimum atomic E-state index is -1.06. The molecule has 0 spiro atoms. The van der Waals surface area contributed by atoms with Crippen LogP contribution in [0.4, 0.5) is 10.3 Å². The Kier molecular flexibility index (Phi) is 4.08. The van der Waals surface area contributed by atoms with Crippen LogP contribution in [-0.2, 0) is 10.2 Å². The Labute approximate surface area is 144 Å². The van der Waals surface area contributed by atoms with Gasteiger partial charge in [-0.05, 0) is 25.7 Å². The Balaban J connectivity index is 1.69. The summed E-state index contributed by atoms with van der Waals surface area (Å²) in [6.07, 6.45) is 5.58. The zero-order valence-electron chi connectivity index (χ0n) is 13.6. The van der Waals surface area contributed by atoms with E-state index in [0.717, 1.165) is 25.1 Å². The van der Waals surface area contributed by atoms with Crippen LogP contribution in [0.5, 0.6) is 0 Å². The third-order valence-electron chi connectivity index (χ3n) is 5.41. The summed E-state index contributed by atoms with van der Waals surface area (Å²) in [5, 5.41) is 8.08. The van der Waals surface area contributed by atoms with Crippen molar-refractivity contribution in [2.45, 2.75) is 56.7 Å². The lowest BCUT2D eigenvalue weighted by atomic mass is 9.66. The quantitative estimate of drug-likeness (QED) is 0.914. The molecule has 2 aromatic heterocycles. The molecule has 3 heterocycles. The second kappa shape index (κ2) is 6.11. The summed E-state index contributed by atoms with van der Waals surface area (Å²) in [4.78, 5) is 8.85. The summed E-state index contributed by atoms with van der Waals surface area (Å²) in [6, 6.07) is -0.331. The monoisotopic (exact) mass is 353 g/mol. The number of nitrogens with one attached hydrogen (secondary N) is 1. The predicted octanol–water partition coefficient (Wildman–Crippen LogP) is 3.15. The highest BCUT2D eigenvalue weighted by Crippen LogP contribution is 2.46. The lowest BCUT2D eigenvalue weighted by Crippen LogP contribution is -2.40. The molecular formula is C16H21ClFN5O. The third-order valence-corrected chi connectivity index (χ3v) is 5.69. The summed E-state index contributed by atoms with van der Waals surface area (Å²) in [7, 11) is 0. The van der Waals surface area contributed by atoms with Crippen molar-refractivity contribution >= 4 is 23.1 Å². The topological polar surface area (TPSA) is 64.3 Å². The molecule has 8 heteroatoms. The van der Waals surface area contributed by atoms with Crippen molar-refractivity contribution in [2.24, 2.45) is 0 Å². The first-order chi connectivity index (χ1) is 11.6. The highest BCUT2D eigenvalue weighted by Gasteiger charge is 2.41. The fraction of sp³-hybridized carbons (Fsp3) is 0.688. The molecule has 2 aromatic rings. The highest BCUT2D eigenvalue weighted by atomic mass is 35.5. The van der Waals surface area contributed by atoms with Gasteiger partial charge in [0.2, 0.25) is 5.95 Å². The molecule has 1 aliphatic carbocycles. The van der Waals surface area contributed by atoms with Crippen molar-refractivity contribution in [3.8, 4) is 0 Å². The first kappa shape index (κ1) is 16.0. The van der Waals surface area contributed by atoms with E-state index in [2.05, 4.69) is 27.3 Å². The molecule has 6 nitrogen and oxygen atoms in total. The van der Waals surface area contributed by atoms with E-state index in [4.69, 9.17) is 16.3 Å². The number of hydrogen-bond acceptors (Lipinski definition) is 5. The zero-order chi connectivity index (χ0) is 16.7. The molecule has 2 fully saturated rings. The SMILES string of the molecule is CCC1(c2nc(Cl)c3cnc(N[C@@H]4CCOC[C@H]4F)nn23)CCC1. The van der Waals surface area contributed by atoms with Gasteiger partial charge in [-0.15, -0.1) is 5.10 Å². The maximum Gasteiger partial charge on any atom is 0.241 e. The molecule has 1 saturated carbocycles. The number of anilines is 1. The van der Waals surface area contributed by atoms with Crippen molar-refractivity contribution in [1.82, 2.24) is 19.6 Å². The second-order valence-corrected chi connectivity index (χ2v) is 7.08. The smallest absolute Gasteiger partial charge is 0.241 e. The van der Waals surface area contributed by atoms with E-state index in [1.807, 2.05) is 0 Å². The van der Waals surface area contributed by atoms with Crippen molar-refractivity contribution < 1.29 is 9.13 Å². The number of nitrogens with zero attached hydrogens (tertiary/aromatic N) is 4. The van der Waals surface area contributed by atoms with Gasteiger partial charge < -0.3 is 10.1 Å². The Hall–Kier alpha value is -1.47. The van der Waals surface area contributed by atoms with Crippen LogP contribution in [0.15, 0.2) is 6.20 Å². The van der Waals surface area contributed by atoms with E-state index < -0.39 is 6.17 Å². The normalized spacial score (nSPS) is 26.3. The number of halogens is 2. The van der Waals surface area contributed by atoms with Gasteiger partial charge in [-0.1, -0.05) is 24.9 Å². The number of imidazole rings is 1. The second-order valence-electron chi connectivity index (χ2n) is 6.72. The molecule has 1 aliphatic heterocycles. The molecule has 0 bridgehead atoms. The van der Waals surface area contributed by atoms with E-state index in [1.54, 1.807) is 10.7 Å². The Morgan fingerprint density at radius 3 is 3.00 bits per heavy atom. The fourth-order valence-electron chi connectivity index (χ4n) is 3.63.